The van der Waals surface area contributed by atoms with E-state index in [4.69, 9.17) is 21.1 Å². The average molecular weight is 662 g/mol. The van der Waals surface area contributed by atoms with Crippen molar-refractivity contribution < 1.29 is 23.5 Å². The summed E-state index contributed by atoms with van der Waals surface area (Å²) < 4.78 is 25.9. The van der Waals surface area contributed by atoms with E-state index in [9.17, 15) is 14.0 Å². The first-order valence-electron chi connectivity index (χ1n) is 16.2. The summed E-state index contributed by atoms with van der Waals surface area (Å²) in [5, 5.41) is 10.9. The lowest BCUT2D eigenvalue weighted by molar-refractivity contribution is -0.0351. The number of anilines is 1. The van der Waals surface area contributed by atoms with Crippen molar-refractivity contribution in [3.63, 3.8) is 0 Å². The first kappa shape index (κ1) is 35.6. The maximum atomic E-state index is 14.3. The molecule has 4 rings (SSSR count). The van der Waals surface area contributed by atoms with Gasteiger partial charge in [-0.1, -0.05) is 13.8 Å². The molecule has 1 spiro atoms. The normalized spacial score (nSPS) is 16.9. The van der Waals surface area contributed by atoms with E-state index in [2.05, 4.69) is 44.1 Å². The van der Waals surface area contributed by atoms with E-state index in [1.807, 2.05) is 41.5 Å². The minimum atomic E-state index is -0.537. The number of carbonyl (C=O) groups excluding carboxylic acids is 2. The highest BCUT2D eigenvalue weighted by molar-refractivity contribution is 6.28. The van der Waals surface area contributed by atoms with Crippen LogP contribution >= 0.6 is 11.6 Å². The molecule has 0 saturated carbocycles. The number of ether oxygens (including phenoxy) is 2. The molecule has 0 radical (unpaired) electrons. The Morgan fingerprint density at radius 1 is 1.15 bits per heavy atom. The van der Waals surface area contributed by atoms with Crippen LogP contribution in [0.1, 0.15) is 85.0 Å². The highest BCUT2D eigenvalue weighted by atomic mass is 35.5. The Morgan fingerprint density at radius 2 is 1.87 bits per heavy atom. The molecule has 3 heterocycles. The summed E-state index contributed by atoms with van der Waals surface area (Å²) >= 11 is 6.21. The lowest BCUT2D eigenvalue weighted by Gasteiger charge is -2.53. The number of nitrogens with zero attached hydrogens (tertiary/aromatic N) is 6. The topological polar surface area (TPSA) is 113 Å². The Labute approximate surface area is 277 Å². The van der Waals surface area contributed by atoms with E-state index >= 15 is 0 Å². The van der Waals surface area contributed by atoms with Crippen LogP contribution in [-0.4, -0.2) is 93.9 Å². The van der Waals surface area contributed by atoms with Crippen LogP contribution in [0.4, 0.5) is 15.0 Å². The van der Waals surface area contributed by atoms with Gasteiger partial charge in [0.2, 0.25) is 5.28 Å². The number of aromatic nitrogens is 3. The highest BCUT2D eigenvalue weighted by Crippen LogP contribution is 2.45. The van der Waals surface area contributed by atoms with E-state index in [1.54, 1.807) is 4.90 Å². The first-order chi connectivity index (χ1) is 21.6. The Bertz CT molecular complexity index is 1380. The second kappa shape index (κ2) is 14.7. The van der Waals surface area contributed by atoms with Crippen LogP contribution < -0.4 is 15.0 Å². The van der Waals surface area contributed by atoms with Crippen LogP contribution in [0.25, 0.3) is 0 Å². The largest absolute Gasteiger partial charge is 0.450 e. The van der Waals surface area contributed by atoms with Crippen molar-refractivity contribution in [2.75, 3.05) is 44.2 Å². The van der Waals surface area contributed by atoms with Gasteiger partial charge in [0, 0.05) is 55.8 Å². The number of carbonyl (C=O) groups is 2. The monoisotopic (exact) mass is 661 g/mol. The summed E-state index contributed by atoms with van der Waals surface area (Å²) in [4.78, 5) is 36.1. The Kier molecular flexibility index (Phi) is 11.4. The third-order valence-electron chi connectivity index (χ3n) is 8.62. The average Bonchev–Trinajstić information content (AvgIpc) is 3.39. The molecule has 2 aromatic rings. The lowest BCUT2D eigenvalue weighted by atomic mass is 9.76. The van der Waals surface area contributed by atoms with Gasteiger partial charge in [0.05, 0.1) is 12.2 Å². The fourth-order valence-electron chi connectivity index (χ4n) is 6.48. The molecule has 0 bridgehead atoms. The quantitative estimate of drug-likeness (QED) is 0.267. The Morgan fingerprint density at radius 3 is 2.50 bits per heavy atom. The summed E-state index contributed by atoms with van der Waals surface area (Å²) in [5.74, 6) is 0.313. The van der Waals surface area contributed by atoms with Gasteiger partial charge in [-0.3, -0.25) is 9.69 Å². The van der Waals surface area contributed by atoms with Crippen LogP contribution in [0.2, 0.25) is 5.28 Å². The standard InChI is InChI=1S/C33H49ClFN7O4/c1-9-42(22(4)5)29(43)24-17-23(35)12-13-26(24)46-28-27(36-30(34)39-38-28)40-15-14-33(18-40)19-41(20-33)25(21(2)3)11-10-16-45-31(44)37-32(6,7)8/h12-13,17,21-22,25H,9-11,14-16,18-20H2,1-8H3,(H,37,44)/t25-/m1/s1. The first-order valence-corrected chi connectivity index (χ1v) is 16.6. The van der Waals surface area contributed by atoms with Crippen LogP contribution in [0.3, 0.4) is 0 Å². The maximum absolute atomic E-state index is 14.3. The molecule has 1 atom stereocenters. The van der Waals surface area contributed by atoms with Gasteiger partial charge in [-0.25, -0.2) is 9.18 Å². The van der Waals surface area contributed by atoms with Crippen molar-refractivity contribution in [1.82, 2.24) is 30.3 Å². The third-order valence-corrected chi connectivity index (χ3v) is 8.78. The van der Waals surface area contributed by atoms with Gasteiger partial charge in [0.15, 0.2) is 5.82 Å². The summed E-state index contributed by atoms with van der Waals surface area (Å²) in [6, 6.07) is 4.17. The Hall–Kier alpha value is -3.25. The molecule has 2 fully saturated rings. The van der Waals surface area contributed by atoms with Gasteiger partial charge in [-0.05, 0) is 96.5 Å². The Balaban J connectivity index is 1.42. The van der Waals surface area contributed by atoms with Gasteiger partial charge >= 0.3 is 6.09 Å². The van der Waals surface area contributed by atoms with E-state index in [1.165, 1.54) is 18.2 Å². The fraction of sp³-hybridized carbons (Fsp3) is 0.667. The molecule has 46 heavy (non-hydrogen) atoms. The van der Waals surface area contributed by atoms with Crippen molar-refractivity contribution in [2.45, 2.75) is 92.3 Å². The predicted molar refractivity (Wildman–Crippen MR) is 176 cm³/mol. The minimum Gasteiger partial charge on any atom is -0.450 e. The smallest absolute Gasteiger partial charge is 0.407 e. The molecule has 1 N–H and O–H groups in total. The number of likely N-dealkylation sites (tertiary alicyclic amines) is 1. The number of amides is 2. The zero-order valence-electron chi connectivity index (χ0n) is 28.4. The number of rotatable bonds is 12. The van der Waals surface area contributed by atoms with Crippen molar-refractivity contribution >= 4 is 29.4 Å². The molecular weight excluding hydrogens is 613 g/mol. The summed E-state index contributed by atoms with van der Waals surface area (Å²) in [7, 11) is 0. The van der Waals surface area contributed by atoms with Gasteiger partial charge < -0.3 is 24.6 Å². The fourth-order valence-corrected chi connectivity index (χ4v) is 6.60. The van der Waals surface area contributed by atoms with Crippen molar-refractivity contribution in [1.29, 1.82) is 0 Å². The molecule has 2 amide bonds. The summed E-state index contributed by atoms with van der Waals surface area (Å²) in [6.45, 7) is 20.1. The van der Waals surface area contributed by atoms with Crippen molar-refractivity contribution in [3.05, 3.63) is 34.9 Å². The molecule has 13 heteroatoms. The van der Waals surface area contributed by atoms with Crippen molar-refractivity contribution in [2.24, 2.45) is 11.3 Å². The number of hydrogen-bond acceptors (Lipinski definition) is 9. The number of hydrogen-bond donors (Lipinski definition) is 1. The molecule has 254 valence electrons. The SMILES string of the molecule is CCN(C(=O)c1cc(F)ccc1Oc1nnc(Cl)nc1N1CCC2(C1)CN([C@H](CCCOC(=O)NC(C)(C)C)C(C)C)C2)C(C)C. The minimum absolute atomic E-state index is 0.0100. The molecule has 2 aliphatic heterocycles. The van der Waals surface area contributed by atoms with Crippen LogP contribution in [-0.2, 0) is 4.74 Å². The van der Waals surface area contributed by atoms with E-state index in [0.717, 1.165) is 45.4 Å². The molecule has 2 aliphatic rings. The molecule has 1 aromatic carbocycles. The molecule has 0 aliphatic carbocycles. The van der Waals surface area contributed by atoms with E-state index in [0.29, 0.717) is 30.9 Å². The van der Waals surface area contributed by atoms with E-state index < -0.39 is 5.82 Å². The predicted octanol–water partition coefficient (Wildman–Crippen LogP) is 6.17. The van der Waals surface area contributed by atoms with E-state index in [-0.39, 0.29) is 51.5 Å². The number of benzene rings is 1. The number of alkyl carbamates (subject to hydrolysis) is 1. The molecule has 1 aromatic heterocycles. The molecule has 0 unspecified atom stereocenters. The van der Waals surface area contributed by atoms with Crippen molar-refractivity contribution in [3.8, 4) is 11.6 Å². The second-order valence-corrected chi connectivity index (χ2v) is 14.5. The van der Waals surface area contributed by atoms with Crippen LogP contribution in [0, 0.1) is 17.2 Å². The zero-order chi connectivity index (χ0) is 33.8. The summed E-state index contributed by atoms with van der Waals surface area (Å²) in [6.07, 6.45) is 2.31. The van der Waals surface area contributed by atoms with Crippen LogP contribution in [0.5, 0.6) is 11.6 Å². The second-order valence-electron chi connectivity index (χ2n) is 14.2. The maximum Gasteiger partial charge on any atom is 0.407 e. The zero-order valence-corrected chi connectivity index (χ0v) is 29.2. The summed E-state index contributed by atoms with van der Waals surface area (Å²) in [5.41, 5.74) is -0.141. The third kappa shape index (κ3) is 8.76. The lowest BCUT2D eigenvalue weighted by Crippen LogP contribution is -2.62. The molecule has 11 nitrogen and oxygen atoms in total. The number of nitrogens with one attached hydrogen (secondary N) is 1. The van der Waals surface area contributed by atoms with Gasteiger partial charge in [-0.15, -0.1) is 10.2 Å². The highest BCUT2D eigenvalue weighted by Gasteiger charge is 2.50. The van der Waals surface area contributed by atoms with Gasteiger partial charge in [0.25, 0.3) is 11.8 Å². The number of halogens is 2. The molecule has 2 saturated heterocycles. The van der Waals surface area contributed by atoms with Crippen LogP contribution in [0.15, 0.2) is 18.2 Å². The molecular formula is C33H49ClFN7O4. The van der Waals surface area contributed by atoms with Gasteiger partial charge in [0.1, 0.15) is 11.6 Å². The van der Waals surface area contributed by atoms with Gasteiger partial charge in [-0.2, -0.15) is 4.98 Å².